The van der Waals surface area contributed by atoms with Crippen molar-refractivity contribution in [2.24, 2.45) is 5.10 Å². The normalized spacial score (nSPS) is 11.2. The molecule has 0 radical (unpaired) electrons. The second-order valence-electron chi connectivity index (χ2n) is 6.28. The van der Waals surface area contributed by atoms with Gasteiger partial charge in [0, 0.05) is 5.56 Å². The number of furan rings is 1. The standard InChI is InChI=1S/C22H18N4O6/c1-31-17-9-7-15(8-10-17)13-19(24-21(27)16-5-3-2-4-6-16)22(28)25-23-14-18-11-12-20(32-18)26(29)30/h2-14H,1H3,(H,24,27)(H,25,28). The molecule has 1 heterocycles. The molecule has 2 aromatic carbocycles. The zero-order chi connectivity index (χ0) is 22.9. The van der Waals surface area contributed by atoms with Gasteiger partial charge in [0.05, 0.1) is 19.4 Å². The van der Waals surface area contributed by atoms with Crippen molar-refractivity contribution in [2.45, 2.75) is 0 Å². The summed E-state index contributed by atoms with van der Waals surface area (Å²) in [6.07, 6.45) is 2.58. The maximum Gasteiger partial charge on any atom is 0.433 e. The van der Waals surface area contributed by atoms with Crippen molar-refractivity contribution in [1.29, 1.82) is 0 Å². The molecule has 0 saturated heterocycles. The molecule has 0 aliphatic rings. The molecule has 0 saturated carbocycles. The highest BCUT2D eigenvalue weighted by Crippen LogP contribution is 2.15. The number of carbonyl (C=O) groups excluding carboxylic acids is 2. The van der Waals surface area contributed by atoms with Crippen LogP contribution in [0.3, 0.4) is 0 Å². The number of amides is 2. The first-order chi connectivity index (χ1) is 15.5. The number of rotatable bonds is 8. The number of carbonyl (C=O) groups is 2. The van der Waals surface area contributed by atoms with Gasteiger partial charge in [-0.15, -0.1) is 0 Å². The summed E-state index contributed by atoms with van der Waals surface area (Å²) in [5, 5.41) is 17.0. The van der Waals surface area contributed by atoms with Crippen LogP contribution in [0.15, 0.2) is 81.9 Å². The number of hydrogen-bond donors (Lipinski definition) is 2. The summed E-state index contributed by atoms with van der Waals surface area (Å²) in [5.41, 5.74) is 3.20. The van der Waals surface area contributed by atoms with Gasteiger partial charge < -0.3 is 14.5 Å². The van der Waals surface area contributed by atoms with Crippen LogP contribution >= 0.6 is 0 Å². The summed E-state index contributed by atoms with van der Waals surface area (Å²) in [7, 11) is 1.54. The largest absolute Gasteiger partial charge is 0.497 e. The van der Waals surface area contributed by atoms with Gasteiger partial charge in [-0.25, -0.2) is 5.43 Å². The van der Waals surface area contributed by atoms with Crippen LogP contribution in [-0.2, 0) is 4.79 Å². The van der Waals surface area contributed by atoms with Crippen LogP contribution in [0.4, 0.5) is 5.88 Å². The number of benzene rings is 2. The average Bonchev–Trinajstić information content (AvgIpc) is 3.29. The summed E-state index contributed by atoms with van der Waals surface area (Å²) < 4.78 is 10.0. The Kier molecular flexibility index (Phi) is 7.10. The summed E-state index contributed by atoms with van der Waals surface area (Å²) in [6, 6.07) is 17.7. The van der Waals surface area contributed by atoms with E-state index in [4.69, 9.17) is 9.15 Å². The topological polar surface area (TPSA) is 136 Å². The first-order valence-electron chi connectivity index (χ1n) is 9.26. The lowest BCUT2D eigenvalue weighted by Crippen LogP contribution is -2.32. The number of nitro groups is 1. The van der Waals surface area contributed by atoms with Crippen LogP contribution in [0.2, 0.25) is 0 Å². The average molecular weight is 434 g/mol. The van der Waals surface area contributed by atoms with Crippen LogP contribution in [-0.4, -0.2) is 30.1 Å². The molecule has 0 unspecified atom stereocenters. The molecule has 32 heavy (non-hydrogen) atoms. The van der Waals surface area contributed by atoms with Crippen LogP contribution in [0.25, 0.3) is 6.08 Å². The molecular formula is C22H18N4O6. The maximum absolute atomic E-state index is 12.7. The monoisotopic (exact) mass is 434 g/mol. The van der Waals surface area contributed by atoms with Gasteiger partial charge in [0.1, 0.15) is 16.4 Å². The van der Waals surface area contributed by atoms with Crippen molar-refractivity contribution in [1.82, 2.24) is 10.7 Å². The van der Waals surface area contributed by atoms with E-state index in [0.717, 1.165) is 12.3 Å². The fraction of sp³-hybridized carbons (Fsp3) is 0.0455. The lowest BCUT2D eigenvalue weighted by atomic mass is 10.1. The minimum Gasteiger partial charge on any atom is -0.497 e. The summed E-state index contributed by atoms with van der Waals surface area (Å²) in [4.78, 5) is 35.2. The maximum atomic E-state index is 12.7. The number of ether oxygens (including phenoxy) is 1. The van der Waals surface area contributed by atoms with E-state index in [1.807, 2.05) is 0 Å². The van der Waals surface area contributed by atoms with Crippen LogP contribution < -0.4 is 15.5 Å². The van der Waals surface area contributed by atoms with Gasteiger partial charge in [-0.1, -0.05) is 30.3 Å². The van der Waals surface area contributed by atoms with Crippen molar-refractivity contribution in [3.8, 4) is 5.75 Å². The molecule has 2 amide bonds. The molecule has 10 heteroatoms. The van der Waals surface area contributed by atoms with Crippen molar-refractivity contribution in [3.05, 3.63) is 99.4 Å². The van der Waals surface area contributed by atoms with E-state index in [9.17, 15) is 19.7 Å². The summed E-state index contributed by atoms with van der Waals surface area (Å²) in [6.45, 7) is 0. The van der Waals surface area contributed by atoms with Crippen LogP contribution in [0.5, 0.6) is 5.75 Å². The number of methoxy groups -OCH3 is 1. The molecule has 162 valence electrons. The van der Waals surface area contributed by atoms with Gasteiger partial charge in [-0.3, -0.25) is 19.7 Å². The van der Waals surface area contributed by atoms with Gasteiger partial charge >= 0.3 is 5.88 Å². The first-order valence-corrected chi connectivity index (χ1v) is 9.26. The summed E-state index contributed by atoms with van der Waals surface area (Å²) in [5.74, 6) is -0.925. The highest BCUT2D eigenvalue weighted by molar-refractivity contribution is 6.05. The molecule has 0 aliphatic carbocycles. The van der Waals surface area contributed by atoms with E-state index < -0.39 is 22.6 Å². The first kappa shape index (κ1) is 22.0. The van der Waals surface area contributed by atoms with Gasteiger partial charge in [0.15, 0.2) is 5.76 Å². The summed E-state index contributed by atoms with van der Waals surface area (Å²) >= 11 is 0. The molecule has 3 rings (SSSR count). The molecule has 0 bridgehead atoms. The SMILES string of the molecule is COc1ccc(C=C(NC(=O)c2ccccc2)C(=O)NN=Cc2ccc([N+](=O)[O-])o2)cc1. The number of nitrogens with one attached hydrogen (secondary N) is 2. The van der Waals surface area contributed by atoms with E-state index in [-0.39, 0.29) is 11.5 Å². The quantitative estimate of drug-likeness (QED) is 0.242. The number of hydrazone groups is 1. The van der Waals surface area contributed by atoms with Gasteiger partial charge in [-0.05, 0) is 42.0 Å². The van der Waals surface area contributed by atoms with Gasteiger partial charge in [-0.2, -0.15) is 5.10 Å². The fourth-order valence-corrected chi connectivity index (χ4v) is 2.53. The van der Waals surface area contributed by atoms with Crippen LogP contribution in [0.1, 0.15) is 21.7 Å². The van der Waals surface area contributed by atoms with Crippen molar-refractivity contribution in [2.75, 3.05) is 7.11 Å². The molecule has 0 fully saturated rings. The Labute approximate surface area is 182 Å². The Morgan fingerprint density at radius 1 is 1.06 bits per heavy atom. The lowest BCUT2D eigenvalue weighted by Gasteiger charge is -2.09. The number of hydrogen-bond acceptors (Lipinski definition) is 7. The zero-order valence-electron chi connectivity index (χ0n) is 16.8. The molecule has 0 atom stereocenters. The van der Waals surface area contributed by atoms with E-state index in [0.29, 0.717) is 16.9 Å². The second-order valence-corrected chi connectivity index (χ2v) is 6.28. The predicted octanol–water partition coefficient (Wildman–Crippen LogP) is 3.12. The van der Waals surface area contributed by atoms with Crippen molar-refractivity contribution < 1.29 is 23.7 Å². The Hall–Kier alpha value is -4.73. The third-order valence-electron chi connectivity index (χ3n) is 4.11. The minimum absolute atomic E-state index is 0.0633. The fourth-order valence-electron chi connectivity index (χ4n) is 2.53. The third-order valence-corrected chi connectivity index (χ3v) is 4.11. The van der Waals surface area contributed by atoms with E-state index >= 15 is 0 Å². The van der Waals surface area contributed by atoms with Crippen molar-refractivity contribution >= 4 is 30.0 Å². The molecular weight excluding hydrogens is 416 g/mol. The highest BCUT2D eigenvalue weighted by Gasteiger charge is 2.15. The smallest absolute Gasteiger partial charge is 0.433 e. The molecule has 10 nitrogen and oxygen atoms in total. The van der Waals surface area contributed by atoms with E-state index in [1.54, 1.807) is 54.6 Å². The molecule has 3 aromatic rings. The molecule has 0 spiro atoms. The van der Waals surface area contributed by atoms with Gasteiger partial charge in [0.25, 0.3) is 11.8 Å². The molecule has 2 N–H and O–H groups in total. The lowest BCUT2D eigenvalue weighted by molar-refractivity contribution is -0.402. The molecule has 1 aromatic heterocycles. The Morgan fingerprint density at radius 3 is 2.41 bits per heavy atom. The Bertz CT molecular complexity index is 1170. The third kappa shape index (κ3) is 5.89. The zero-order valence-corrected chi connectivity index (χ0v) is 16.8. The minimum atomic E-state index is -0.706. The Balaban J connectivity index is 1.78. The number of nitrogens with zero attached hydrogens (tertiary/aromatic N) is 2. The van der Waals surface area contributed by atoms with Crippen LogP contribution in [0, 0.1) is 10.1 Å². The van der Waals surface area contributed by atoms with E-state index in [2.05, 4.69) is 15.8 Å². The second kappa shape index (κ2) is 10.3. The van der Waals surface area contributed by atoms with Crippen molar-refractivity contribution in [3.63, 3.8) is 0 Å². The van der Waals surface area contributed by atoms with E-state index in [1.165, 1.54) is 19.3 Å². The predicted molar refractivity (Wildman–Crippen MR) is 116 cm³/mol. The van der Waals surface area contributed by atoms with Gasteiger partial charge in [0.2, 0.25) is 0 Å². The highest BCUT2D eigenvalue weighted by atomic mass is 16.6. The Morgan fingerprint density at radius 2 is 1.78 bits per heavy atom. The molecule has 0 aliphatic heterocycles.